The summed E-state index contributed by atoms with van der Waals surface area (Å²) in [5.74, 6) is -0.0780. The fraction of sp³-hybridized carbons (Fsp3) is 0.375. The Morgan fingerprint density at radius 3 is 2.48 bits per heavy atom. The van der Waals surface area contributed by atoms with Crippen LogP contribution in [0.2, 0.25) is 0 Å². The summed E-state index contributed by atoms with van der Waals surface area (Å²) >= 11 is 0. The lowest BCUT2D eigenvalue weighted by Gasteiger charge is -2.34. The molecule has 1 aromatic carbocycles. The van der Waals surface area contributed by atoms with E-state index in [-0.39, 0.29) is 18.3 Å². The zero-order valence-electron chi connectivity index (χ0n) is 13.0. The van der Waals surface area contributed by atoms with Crippen LogP contribution in [-0.2, 0) is 9.53 Å². The number of H-pyrrole nitrogens is 1. The first-order valence-corrected chi connectivity index (χ1v) is 7.41. The number of rotatable bonds is 4. The van der Waals surface area contributed by atoms with E-state index in [0.29, 0.717) is 12.8 Å². The molecule has 1 aliphatic rings. The highest BCUT2D eigenvalue weighted by Gasteiger charge is 2.39. The van der Waals surface area contributed by atoms with Gasteiger partial charge in [0, 0.05) is 19.0 Å². The van der Waals surface area contributed by atoms with Crippen molar-refractivity contribution in [2.24, 2.45) is 0 Å². The van der Waals surface area contributed by atoms with Gasteiger partial charge in [-0.25, -0.2) is 0 Å². The number of aromatic nitrogens is 2. The van der Waals surface area contributed by atoms with E-state index < -0.39 is 5.60 Å². The van der Waals surface area contributed by atoms with Crippen LogP contribution in [0.15, 0.2) is 36.5 Å². The minimum atomic E-state index is -0.729. The van der Waals surface area contributed by atoms with Crippen LogP contribution in [0, 0.1) is 0 Å². The lowest BCUT2D eigenvalue weighted by Crippen LogP contribution is -2.51. The van der Waals surface area contributed by atoms with Gasteiger partial charge in [0.25, 0.3) is 5.91 Å². The molecule has 1 fully saturated rings. The summed E-state index contributed by atoms with van der Waals surface area (Å²) in [6.45, 7) is 1.58. The summed E-state index contributed by atoms with van der Waals surface area (Å²) in [6.07, 6.45) is 3.08. The molecule has 0 saturated carbocycles. The van der Waals surface area contributed by atoms with Crippen LogP contribution < -0.4 is 10.6 Å². The molecule has 1 aromatic heterocycles. The monoisotopic (exact) mass is 336 g/mol. The Labute approximate surface area is 141 Å². The Morgan fingerprint density at radius 1 is 1.22 bits per heavy atom. The van der Waals surface area contributed by atoms with Gasteiger partial charge in [-0.3, -0.25) is 9.89 Å². The Kier molecular flexibility index (Phi) is 5.76. The number of amides is 1. The van der Waals surface area contributed by atoms with E-state index in [1.165, 1.54) is 0 Å². The van der Waals surface area contributed by atoms with Gasteiger partial charge in [-0.2, -0.15) is 5.10 Å². The van der Waals surface area contributed by atoms with Crippen molar-refractivity contribution in [3.63, 3.8) is 0 Å². The number of hydrogen-bond acceptors (Lipinski definition) is 4. The number of hydrogen-bond donors (Lipinski definition) is 3. The molecular formula is C16H21ClN4O2. The SMILES string of the molecule is COC1(C(=O)Nc2ccc(-c3ccn[nH]3)cc2)CCNCC1.Cl. The van der Waals surface area contributed by atoms with Crippen molar-refractivity contribution in [3.05, 3.63) is 36.5 Å². The zero-order chi connectivity index (χ0) is 15.4. The predicted octanol–water partition coefficient (Wildman–Crippen LogP) is 2.21. The molecule has 0 bridgehead atoms. The number of ether oxygens (including phenoxy) is 1. The molecule has 0 spiro atoms. The topological polar surface area (TPSA) is 79.0 Å². The standard InChI is InChI=1S/C16H20N4O2.ClH/c1-22-16(7-10-17-11-8-16)15(21)19-13-4-2-12(3-5-13)14-6-9-18-20-14;/h2-6,9,17H,7-8,10-11H2,1H3,(H,18,20)(H,19,21);1H. The lowest BCUT2D eigenvalue weighted by atomic mass is 9.91. The van der Waals surface area contributed by atoms with E-state index in [9.17, 15) is 4.79 Å². The summed E-state index contributed by atoms with van der Waals surface area (Å²) in [7, 11) is 1.60. The molecule has 0 radical (unpaired) electrons. The fourth-order valence-electron chi connectivity index (χ4n) is 2.75. The second-order valence-corrected chi connectivity index (χ2v) is 5.45. The van der Waals surface area contributed by atoms with Crippen molar-refractivity contribution >= 4 is 24.0 Å². The molecule has 2 aromatic rings. The molecule has 1 saturated heterocycles. The smallest absolute Gasteiger partial charge is 0.256 e. The van der Waals surface area contributed by atoms with Crippen LogP contribution in [0.4, 0.5) is 5.69 Å². The molecule has 6 nitrogen and oxygen atoms in total. The average Bonchev–Trinajstić information content (AvgIpc) is 3.10. The number of carbonyl (C=O) groups excluding carboxylic acids is 1. The molecule has 0 atom stereocenters. The Balaban J connectivity index is 0.00000192. The molecule has 1 amide bonds. The van der Waals surface area contributed by atoms with Crippen molar-refractivity contribution < 1.29 is 9.53 Å². The quantitative estimate of drug-likeness (QED) is 0.799. The molecule has 0 unspecified atom stereocenters. The van der Waals surface area contributed by atoms with Gasteiger partial charge in [0.2, 0.25) is 0 Å². The normalized spacial score (nSPS) is 16.4. The Hall–Kier alpha value is -1.89. The number of carbonyl (C=O) groups is 1. The highest BCUT2D eigenvalue weighted by Crippen LogP contribution is 2.25. The molecule has 7 heteroatoms. The number of halogens is 1. The third-order valence-electron chi connectivity index (χ3n) is 4.17. The summed E-state index contributed by atoms with van der Waals surface area (Å²) in [4.78, 5) is 12.6. The summed E-state index contributed by atoms with van der Waals surface area (Å²) < 4.78 is 5.53. The van der Waals surface area contributed by atoms with E-state index in [4.69, 9.17) is 4.74 Å². The molecule has 2 heterocycles. The minimum Gasteiger partial charge on any atom is -0.368 e. The molecule has 1 aliphatic heterocycles. The molecule has 23 heavy (non-hydrogen) atoms. The molecular weight excluding hydrogens is 316 g/mol. The summed E-state index contributed by atoms with van der Waals surface area (Å²) in [6, 6.07) is 9.58. The Morgan fingerprint density at radius 2 is 1.91 bits per heavy atom. The van der Waals surface area contributed by atoms with Crippen LogP contribution in [-0.4, -0.2) is 41.9 Å². The van der Waals surface area contributed by atoms with Crippen LogP contribution in [0.25, 0.3) is 11.3 Å². The van der Waals surface area contributed by atoms with Gasteiger partial charge in [0.1, 0.15) is 5.60 Å². The van der Waals surface area contributed by atoms with E-state index >= 15 is 0 Å². The highest BCUT2D eigenvalue weighted by molar-refractivity contribution is 5.97. The van der Waals surface area contributed by atoms with Crippen molar-refractivity contribution in [2.75, 3.05) is 25.5 Å². The number of piperidine rings is 1. The molecule has 3 N–H and O–H groups in total. The average molecular weight is 337 g/mol. The molecule has 0 aliphatic carbocycles. The van der Waals surface area contributed by atoms with E-state index in [1.54, 1.807) is 13.3 Å². The number of nitrogens with one attached hydrogen (secondary N) is 3. The van der Waals surface area contributed by atoms with Crippen molar-refractivity contribution in [1.82, 2.24) is 15.5 Å². The van der Waals surface area contributed by atoms with E-state index in [1.807, 2.05) is 30.3 Å². The largest absolute Gasteiger partial charge is 0.368 e. The maximum absolute atomic E-state index is 12.6. The maximum Gasteiger partial charge on any atom is 0.256 e. The highest BCUT2D eigenvalue weighted by atomic mass is 35.5. The van der Waals surface area contributed by atoms with Gasteiger partial charge < -0.3 is 15.4 Å². The maximum atomic E-state index is 12.6. The Bertz CT molecular complexity index is 622. The fourth-order valence-corrected chi connectivity index (χ4v) is 2.75. The second-order valence-electron chi connectivity index (χ2n) is 5.45. The number of anilines is 1. The zero-order valence-corrected chi connectivity index (χ0v) is 13.8. The number of nitrogens with zero attached hydrogens (tertiary/aromatic N) is 1. The predicted molar refractivity (Wildman–Crippen MR) is 91.7 cm³/mol. The third-order valence-corrected chi connectivity index (χ3v) is 4.17. The van der Waals surface area contributed by atoms with Gasteiger partial charge in [0.15, 0.2) is 0 Å². The number of aromatic amines is 1. The van der Waals surface area contributed by atoms with Gasteiger partial charge in [-0.1, -0.05) is 12.1 Å². The van der Waals surface area contributed by atoms with Gasteiger partial charge in [-0.15, -0.1) is 12.4 Å². The first-order chi connectivity index (χ1) is 10.7. The number of benzene rings is 1. The van der Waals surface area contributed by atoms with E-state index in [0.717, 1.165) is 30.0 Å². The van der Waals surface area contributed by atoms with E-state index in [2.05, 4.69) is 20.8 Å². The van der Waals surface area contributed by atoms with Crippen LogP contribution in [0.5, 0.6) is 0 Å². The van der Waals surface area contributed by atoms with Crippen molar-refractivity contribution in [3.8, 4) is 11.3 Å². The summed E-state index contributed by atoms with van der Waals surface area (Å²) in [5.41, 5.74) is 2.01. The van der Waals surface area contributed by atoms with Gasteiger partial charge in [-0.05, 0) is 49.7 Å². The third kappa shape index (κ3) is 3.72. The van der Waals surface area contributed by atoms with Gasteiger partial charge >= 0.3 is 0 Å². The van der Waals surface area contributed by atoms with Crippen LogP contribution in [0.1, 0.15) is 12.8 Å². The first kappa shape index (κ1) is 17.5. The number of methoxy groups -OCH3 is 1. The van der Waals surface area contributed by atoms with Crippen LogP contribution in [0.3, 0.4) is 0 Å². The van der Waals surface area contributed by atoms with Gasteiger partial charge in [0.05, 0.1) is 5.69 Å². The lowest BCUT2D eigenvalue weighted by molar-refractivity contribution is -0.140. The summed E-state index contributed by atoms with van der Waals surface area (Å²) in [5, 5.41) is 13.1. The minimum absolute atomic E-state index is 0. The van der Waals surface area contributed by atoms with Crippen molar-refractivity contribution in [2.45, 2.75) is 18.4 Å². The van der Waals surface area contributed by atoms with Crippen molar-refractivity contribution in [1.29, 1.82) is 0 Å². The van der Waals surface area contributed by atoms with Crippen LogP contribution >= 0.6 is 12.4 Å². The molecule has 124 valence electrons. The second kappa shape index (κ2) is 7.59. The molecule has 3 rings (SSSR count). The first-order valence-electron chi connectivity index (χ1n) is 7.41.